The van der Waals surface area contributed by atoms with E-state index in [0.29, 0.717) is 0 Å². The van der Waals surface area contributed by atoms with E-state index in [1.807, 2.05) is 36.8 Å². The van der Waals surface area contributed by atoms with Gasteiger partial charge in [0.2, 0.25) is 0 Å². The van der Waals surface area contributed by atoms with Crippen LogP contribution in [0.1, 0.15) is 23.5 Å². The number of rotatable bonds is 6. The van der Waals surface area contributed by atoms with Gasteiger partial charge in [0.1, 0.15) is 0 Å². The SMILES string of the molecule is CN1CCN(Cc2ccccn2)CCCN(Cc2ccccn2)CCN(Cc2ccccn2)C1. The molecule has 7 heteroatoms. The van der Waals surface area contributed by atoms with Gasteiger partial charge in [-0.3, -0.25) is 34.6 Å². The lowest BCUT2D eigenvalue weighted by atomic mass is 10.2. The zero-order chi connectivity index (χ0) is 23.4. The molecule has 1 aliphatic rings. The van der Waals surface area contributed by atoms with Crippen molar-refractivity contribution in [2.45, 2.75) is 26.1 Å². The van der Waals surface area contributed by atoms with Gasteiger partial charge >= 0.3 is 0 Å². The van der Waals surface area contributed by atoms with Crippen LogP contribution in [0.15, 0.2) is 73.2 Å². The second-order valence-corrected chi connectivity index (χ2v) is 9.14. The van der Waals surface area contributed by atoms with Gasteiger partial charge in [0.05, 0.1) is 23.8 Å². The van der Waals surface area contributed by atoms with Crippen LogP contribution < -0.4 is 0 Å². The van der Waals surface area contributed by atoms with Crippen molar-refractivity contribution in [2.24, 2.45) is 0 Å². The molecule has 0 aliphatic carbocycles. The average molecular weight is 460 g/mol. The summed E-state index contributed by atoms with van der Waals surface area (Å²) in [6.07, 6.45) is 6.80. The van der Waals surface area contributed by atoms with E-state index >= 15 is 0 Å². The molecule has 0 radical (unpaired) electrons. The summed E-state index contributed by atoms with van der Waals surface area (Å²) in [4.78, 5) is 23.8. The highest BCUT2D eigenvalue weighted by Gasteiger charge is 2.17. The molecule has 3 aromatic rings. The van der Waals surface area contributed by atoms with E-state index in [1.165, 1.54) is 0 Å². The molecule has 0 aromatic carbocycles. The fourth-order valence-corrected chi connectivity index (χ4v) is 4.43. The molecule has 4 rings (SSSR count). The zero-order valence-corrected chi connectivity index (χ0v) is 20.3. The predicted molar refractivity (Wildman–Crippen MR) is 136 cm³/mol. The molecule has 1 aliphatic heterocycles. The highest BCUT2D eigenvalue weighted by Crippen LogP contribution is 2.09. The van der Waals surface area contributed by atoms with E-state index < -0.39 is 0 Å². The monoisotopic (exact) mass is 459 g/mol. The fourth-order valence-electron chi connectivity index (χ4n) is 4.43. The second kappa shape index (κ2) is 13.2. The second-order valence-electron chi connectivity index (χ2n) is 9.14. The summed E-state index contributed by atoms with van der Waals surface area (Å²) in [7, 11) is 2.22. The minimum Gasteiger partial charge on any atom is -0.296 e. The van der Waals surface area contributed by atoms with Crippen molar-refractivity contribution in [3.05, 3.63) is 90.3 Å². The van der Waals surface area contributed by atoms with Gasteiger partial charge in [-0.25, -0.2) is 0 Å². The van der Waals surface area contributed by atoms with Gasteiger partial charge in [-0.15, -0.1) is 0 Å². The van der Waals surface area contributed by atoms with Crippen molar-refractivity contribution in [1.82, 2.24) is 34.6 Å². The average Bonchev–Trinajstić information content (AvgIpc) is 2.86. The maximum Gasteiger partial charge on any atom is 0.0544 e. The molecule has 0 amide bonds. The normalized spacial score (nSPS) is 18.3. The summed E-state index contributed by atoms with van der Waals surface area (Å²) in [5.41, 5.74) is 3.39. The summed E-state index contributed by atoms with van der Waals surface area (Å²) >= 11 is 0. The quantitative estimate of drug-likeness (QED) is 0.562. The Labute approximate surface area is 204 Å². The molecule has 34 heavy (non-hydrogen) atoms. The zero-order valence-electron chi connectivity index (χ0n) is 20.3. The third-order valence-electron chi connectivity index (χ3n) is 6.26. The summed E-state index contributed by atoms with van der Waals surface area (Å²) in [5.74, 6) is 0. The first-order valence-electron chi connectivity index (χ1n) is 12.3. The molecule has 3 aromatic heterocycles. The minimum atomic E-state index is 0.861. The van der Waals surface area contributed by atoms with Crippen molar-refractivity contribution < 1.29 is 0 Å². The van der Waals surface area contributed by atoms with Crippen LogP contribution in [0.3, 0.4) is 0 Å². The molecule has 0 N–H and O–H groups in total. The van der Waals surface area contributed by atoms with E-state index in [2.05, 4.69) is 78.0 Å². The molecule has 0 saturated carbocycles. The first-order chi connectivity index (χ1) is 16.7. The van der Waals surface area contributed by atoms with Gasteiger partial charge < -0.3 is 0 Å². The van der Waals surface area contributed by atoms with E-state index in [-0.39, 0.29) is 0 Å². The van der Waals surface area contributed by atoms with E-state index in [0.717, 1.165) is 89.1 Å². The van der Waals surface area contributed by atoms with Crippen LogP contribution in [0.25, 0.3) is 0 Å². The van der Waals surface area contributed by atoms with Gasteiger partial charge in [-0.05, 0) is 63.0 Å². The lowest BCUT2D eigenvalue weighted by molar-refractivity contribution is 0.102. The molecular weight excluding hydrogens is 422 g/mol. The summed E-state index contributed by atoms with van der Waals surface area (Å²) in [5, 5.41) is 0. The Morgan fingerprint density at radius 3 is 1.47 bits per heavy atom. The third-order valence-corrected chi connectivity index (χ3v) is 6.26. The van der Waals surface area contributed by atoms with Gasteiger partial charge in [0.15, 0.2) is 0 Å². The molecule has 0 spiro atoms. The Morgan fingerprint density at radius 1 is 0.559 bits per heavy atom. The lowest BCUT2D eigenvalue weighted by Crippen LogP contribution is -2.44. The highest BCUT2D eigenvalue weighted by molar-refractivity contribution is 5.05. The van der Waals surface area contributed by atoms with Crippen molar-refractivity contribution >= 4 is 0 Å². The van der Waals surface area contributed by atoms with Gasteiger partial charge in [-0.1, -0.05) is 18.2 Å². The van der Waals surface area contributed by atoms with Crippen LogP contribution in [0.4, 0.5) is 0 Å². The van der Waals surface area contributed by atoms with Crippen LogP contribution in [0.5, 0.6) is 0 Å². The number of hydrogen-bond donors (Lipinski definition) is 0. The maximum atomic E-state index is 4.58. The van der Waals surface area contributed by atoms with Crippen molar-refractivity contribution in [3.8, 4) is 0 Å². The topological polar surface area (TPSA) is 51.6 Å². The molecule has 7 nitrogen and oxygen atoms in total. The molecule has 0 atom stereocenters. The predicted octanol–water partition coefficient (Wildman–Crippen LogP) is 2.97. The number of aromatic nitrogens is 3. The van der Waals surface area contributed by atoms with Crippen molar-refractivity contribution in [1.29, 1.82) is 0 Å². The highest BCUT2D eigenvalue weighted by atomic mass is 15.3. The van der Waals surface area contributed by atoms with Crippen molar-refractivity contribution in [2.75, 3.05) is 53.0 Å². The minimum absolute atomic E-state index is 0.861. The number of likely N-dealkylation sites (N-methyl/N-ethyl adjacent to an activating group) is 1. The molecular formula is C27H37N7. The smallest absolute Gasteiger partial charge is 0.0544 e. The molecule has 4 heterocycles. The van der Waals surface area contributed by atoms with Crippen LogP contribution in [-0.2, 0) is 19.6 Å². The Kier molecular flexibility index (Phi) is 9.51. The van der Waals surface area contributed by atoms with Crippen molar-refractivity contribution in [3.63, 3.8) is 0 Å². The Morgan fingerprint density at radius 2 is 1.00 bits per heavy atom. The Hall–Kier alpha value is -2.71. The van der Waals surface area contributed by atoms with Gasteiger partial charge in [0, 0.05) is 64.4 Å². The molecule has 0 unspecified atom stereocenters. The van der Waals surface area contributed by atoms with Gasteiger partial charge in [-0.2, -0.15) is 0 Å². The Bertz CT molecular complexity index is 939. The Balaban J connectivity index is 1.45. The van der Waals surface area contributed by atoms with Gasteiger partial charge in [0.25, 0.3) is 0 Å². The van der Waals surface area contributed by atoms with Crippen LogP contribution in [-0.4, -0.2) is 87.5 Å². The number of hydrogen-bond acceptors (Lipinski definition) is 7. The van der Waals surface area contributed by atoms with Crippen LogP contribution >= 0.6 is 0 Å². The van der Waals surface area contributed by atoms with Crippen LogP contribution in [0, 0.1) is 0 Å². The first-order valence-corrected chi connectivity index (χ1v) is 12.3. The van der Waals surface area contributed by atoms with E-state index in [4.69, 9.17) is 0 Å². The lowest BCUT2D eigenvalue weighted by Gasteiger charge is -2.33. The number of pyridine rings is 3. The van der Waals surface area contributed by atoms with Crippen LogP contribution in [0.2, 0.25) is 0 Å². The fraction of sp³-hybridized carbons (Fsp3) is 0.444. The molecule has 0 bridgehead atoms. The van der Waals surface area contributed by atoms with E-state index in [9.17, 15) is 0 Å². The molecule has 1 saturated heterocycles. The molecule has 1 fully saturated rings. The maximum absolute atomic E-state index is 4.58. The largest absolute Gasteiger partial charge is 0.296 e. The standard InChI is InChI=1S/C27H37N7/c1-31-17-18-32(21-25-9-2-5-12-28-25)15-8-16-33(22-26-10-3-6-13-29-26)19-20-34(24-31)23-27-11-4-7-14-30-27/h2-7,9-14H,8,15-24H2,1H3. The number of nitrogens with zero attached hydrogens (tertiary/aromatic N) is 7. The first kappa shape index (κ1) is 24.4. The van der Waals surface area contributed by atoms with E-state index in [1.54, 1.807) is 0 Å². The molecule has 180 valence electrons. The summed E-state index contributed by atoms with van der Waals surface area (Å²) < 4.78 is 0. The summed E-state index contributed by atoms with van der Waals surface area (Å²) in [6.45, 7) is 9.77. The summed E-state index contributed by atoms with van der Waals surface area (Å²) in [6, 6.07) is 18.6. The third kappa shape index (κ3) is 8.25.